The van der Waals surface area contributed by atoms with Crippen LogP contribution in [0.3, 0.4) is 0 Å². The lowest BCUT2D eigenvalue weighted by Crippen LogP contribution is -2.40. The molecule has 0 saturated carbocycles. The topological polar surface area (TPSA) is 52.6 Å². The Balaban J connectivity index is 4.86. The smallest absolute Gasteiger partial charge is 0.324 e. The molecule has 0 aliphatic carbocycles. The van der Waals surface area contributed by atoms with Crippen LogP contribution in [0.2, 0.25) is 0 Å². The molecule has 0 unspecified atom stereocenters. The predicted octanol–water partition coefficient (Wildman–Crippen LogP) is 2.27. The van der Waals surface area contributed by atoms with Crippen LogP contribution in [0.25, 0.3) is 0 Å². The van der Waals surface area contributed by atoms with Crippen LogP contribution < -0.4 is 0 Å². The SMILES string of the molecule is CCC(CC)(C(=O)OCCl)C(=O)OCCl. The second-order valence-electron chi connectivity index (χ2n) is 2.87. The van der Waals surface area contributed by atoms with E-state index in [2.05, 4.69) is 9.47 Å². The van der Waals surface area contributed by atoms with E-state index >= 15 is 0 Å². The number of rotatable bonds is 6. The Morgan fingerprint density at radius 2 is 1.33 bits per heavy atom. The molecule has 0 atom stereocenters. The van der Waals surface area contributed by atoms with Crippen molar-refractivity contribution in [3.63, 3.8) is 0 Å². The van der Waals surface area contributed by atoms with Gasteiger partial charge in [-0.3, -0.25) is 9.59 Å². The van der Waals surface area contributed by atoms with E-state index in [9.17, 15) is 9.59 Å². The highest BCUT2D eigenvalue weighted by molar-refractivity contribution is 6.18. The van der Waals surface area contributed by atoms with Crippen LogP contribution in [0.4, 0.5) is 0 Å². The Kier molecular flexibility index (Phi) is 6.68. The molecule has 0 bridgehead atoms. The molecule has 6 heteroatoms. The second kappa shape index (κ2) is 6.90. The van der Waals surface area contributed by atoms with E-state index < -0.39 is 17.4 Å². The van der Waals surface area contributed by atoms with E-state index in [4.69, 9.17) is 23.2 Å². The zero-order valence-electron chi connectivity index (χ0n) is 8.72. The molecule has 0 spiro atoms. The fourth-order valence-electron chi connectivity index (χ4n) is 1.29. The zero-order chi connectivity index (χ0) is 11.9. The molecule has 0 saturated heterocycles. The molecule has 0 N–H and O–H groups in total. The summed E-state index contributed by atoms with van der Waals surface area (Å²) >= 11 is 10.6. The first-order valence-electron chi connectivity index (χ1n) is 4.55. The number of hydrogen-bond acceptors (Lipinski definition) is 4. The number of ether oxygens (including phenoxy) is 2. The Bertz CT molecular complexity index is 206. The molecule has 15 heavy (non-hydrogen) atoms. The van der Waals surface area contributed by atoms with Crippen LogP contribution in [0.15, 0.2) is 0 Å². The summed E-state index contributed by atoms with van der Waals surface area (Å²) in [5.41, 5.74) is -1.29. The van der Waals surface area contributed by atoms with Crippen LogP contribution >= 0.6 is 23.2 Å². The number of carbonyl (C=O) groups is 2. The maximum absolute atomic E-state index is 11.6. The average Bonchev–Trinajstić information content (AvgIpc) is 2.21. The number of halogens is 2. The highest BCUT2D eigenvalue weighted by atomic mass is 35.5. The van der Waals surface area contributed by atoms with E-state index in [1.54, 1.807) is 13.8 Å². The molecule has 0 amide bonds. The van der Waals surface area contributed by atoms with Gasteiger partial charge in [0, 0.05) is 0 Å². The molecule has 0 aromatic rings. The van der Waals surface area contributed by atoms with E-state index in [1.807, 2.05) is 0 Å². The summed E-state index contributed by atoms with van der Waals surface area (Å²) in [5, 5.41) is 0. The van der Waals surface area contributed by atoms with Crippen LogP contribution in [-0.4, -0.2) is 24.1 Å². The first-order valence-corrected chi connectivity index (χ1v) is 5.62. The molecule has 0 aromatic carbocycles. The van der Waals surface area contributed by atoms with Gasteiger partial charge < -0.3 is 9.47 Å². The van der Waals surface area contributed by atoms with Gasteiger partial charge in [-0.05, 0) is 12.8 Å². The minimum Gasteiger partial charge on any atom is -0.448 e. The Hall–Kier alpha value is -0.480. The summed E-state index contributed by atoms with van der Waals surface area (Å²) in [6, 6.07) is -0.566. The highest BCUT2D eigenvalue weighted by Crippen LogP contribution is 2.30. The first kappa shape index (κ1) is 14.5. The van der Waals surface area contributed by atoms with Crippen LogP contribution in [0, 0.1) is 5.41 Å². The van der Waals surface area contributed by atoms with Gasteiger partial charge in [0.25, 0.3) is 0 Å². The van der Waals surface area contributed by atoms with Crippen molar-refractivity contribution in [1.29, 1.82) is 0 Å². The number of hydrogen-bond donors (Lipinski definition) is 0. The summed E-state index contributed by atoms with van der Waals surface area (Å²) < 4.78 is 9.28. The van der Waals surface area contributed by atoms with Crippen molar-refractivity contribution in [2.24, 2.45) is 5.41 Å². The third-order valence-corrected chi connectivity index (χ3v) is 2.58. The summed E-state index contributed by atoms with van der Waals surface area (Å²) in [5.74, 6) is -1.34. The predicted molar refractivity (Wildman–Crippen MR) is 56.6 cm³/mol. The number of alkyl halides is 2. The molecule has 0 aliphatic heterocycles. The minimum atomic E-state index is -1.29. The molecule has 4 nitrogen and oxygen atoms in total. The monoisotopic (exact) mass is 256 g/mol. The lowest BCUT2D eigenvalue weighted by molar-refractivity contribution is -0.170. The van der Waals surface area contributed by atoms with Crippen LogP contribution in [-0.2, 0) is 19.1 Å². The molecule has 0 heterocycles. The van der Waals surface area contributed by atoms with Crippen molar-refractivity contribution in [1.82, 2.24) is 0 Å². The summed E-state index contributed by atoms with van der Waals surface area (Å²) in [7, 11) is 0. The van der Waals surface area contributed by atoms with Gasteiger partial charge in [0.2, 0.25) is 0 Å². The van der Waals surface area contributed by atoms with Gasteiger partial charge in [0.15, 0.2) is 17.5 Å². The lowest BCUT2D eigenvalue weighted by atomic mass is 9.82. The first-order chi connectivity index (χ1) is 7.08. The fraction of sp³-hybridized carbons (Fsp3) is 0.778. The molecule has 0 rings (SSSR count). The zero-order valence-corrected chi connectivity index (χ0v) is 10.2. The molecule has 0 fully saturated rings. The summed E-state index contributed by atoms with van der Waals surface area (Å²) in [4.78, 5) is 23.2. The van der Waals surface area contributed by atoms with Gasteiger partial charge >= 0.3 is 11.9 Å². The van der Waals surface area contributed by atoms with Gasteiger partial charge in [-0.25, -0.2) is 0 Å². The van der Waals surface area contributed by atoms with Crippen molar-refractivity contribution in [3.05, 3.63) is 0 Å². The number of esters is 2. The summed E-state index contributed by atoms with van der Waals surface area (Å²) in [6.45, 7) is 3.41. The lowest BCUT2D eigenvalue weighted by Gasteiger charge is -2.25. The van der Waals surface area contributed by atoms with Gasteiger partial charge in [-0.2, -0.15) is 0 Å². The van der Waals surface area contributed by atoms with Crippen molar-refractivity contribution in [3.8, 4) is 0 Å². The van der Waals surface area contributed by atoms with Gasteiger partial charge in [-0.1, -0.05) is 37.0 Å². The minimum absolute atomic E-state index is 0.283. The third kappa shape index (κ3) is 3.24. The fourth-order valence-corrected chi connectivity index (χ4v) is 1.48. The molecule has 88 valence electrons. The molecule has 0 radical (unpaired) electrons. The molecule has 0 aromatic heterocycles. The largest absolute Gasteiger partial charge is 0.448 e. The number of carbonyl (C=O) groups excluding carboxylic acids is 2. The molecular formula is C9H14Cl2O4. The second-order valence-corrected chi connectivity index (χ2v) is 3.31. The van der Waals surface area contributed by atoms with Crippen molar-refractivity contribution < 1.29 is 19.1 Å². The Labute approximate surface area is 98.8 Å². The Morgan fingerprint density at radius 3 is 1.53 bits per heavy atom. The van der Waals surface area contributed by atoms with Crippen molar-refractivity contribution in [2.75, 3.05) is 12.1 Å². The van der Waals surface area contributed by atoms with Gasteiger partial charge in [0.05, 0.1) is 0 Å². The van der Waals surface area contributed by atoms with E-state index in [0.717, 1.165) is 0 Å². The van der Waals surface area contributed by atoms with E-state index in [-0.39, 0.29) is 25.0 Å². The highest BCUT2D eigenvalue weighted by Gasteiger charge is 2.45. The van der Waals surface area contributed by atoms with Gasteiger partial charge in [-0.15, -0.1) is 0 Å². The normalized spacial score (nSPS) is 10.9. The Morgan fingerprint density at radius 1 is 1.00 bits per heavy atom. The average molecular weight is 257 g/mol. The van der Waals surface area contributed by atoms with Crippen molar-refractivity contribution in [2.45, 2.75) is 26.7 Å². The third-order valence-electron chi connectivity index (χ3n) is 2.36. The maximum atomic E-state index is 11.6. The van der Waals surface area contributed by atoms with Gasteiger partial charge in [0.1, 0.15) is 0 Å². The maximum Gasteiger partial charge on any atom is 0.324 e. The molecular weight excluding hydrogens is 243 g/mol. The van der Waals surface area contributed by atoms with E-state index in [1.165, 1.54) is 0 Å². The van der Waals surface area contributed by atoms with Crippen molar-refractivity contribution >= 4 is 35.1 Å². The van der Waals surface area contributed by atoms with E-state index in [0.29, 0.717) is 0 Å². The van der Waals surface area contributed by atoms with Crippen LogP contribution in [0.5, 0.6) is 0 Å². The quantitative estimate of drug-likeness (QED) is 0.416. The molecule has 0 aliphatic rings. The van der Waals surface area contributed by atoms with Crippen LogP contribution in [0.1, 0.15) is 26.7 Å². The summed E-state index contributed by atoms with van der Waals surface area (Å²) in [6.07, 6.45) is 0.573. The standard InChI is InChI=1S/C9H14Cl2O4/c1-3-9(4-2,7(12)14-5-10)8(13)15-6-11/h3-6H2,1-2H3.